The molecule has 18 heavy (non-hydrogen) atoms. The third-order valence-electron chi connectivity index (χ3n) is 4.01. The van der Waals surface area contributed by atoms with Crippen molar-refractivity contribution in [3.63, 3.8) is 0 Å². The van der Waals surface area contributed by atoms with Crippen LogP contribution in [0, 0.1) is 6.42 Å². The maximum Gasteiger partial charge on any atom is -0.0171 e. The first-order valence-electron chi connectivity index (χ1n) is 8.48. The first-order chi connectivity index (χ1) is 9.00. The first-order valence-corrected chi connectivity index (χ1v) is 8.48. The van der Waals surface area contributed by atoms with Gasteiger partial charge in [0.05, 0.1) is 0 Å². The molecule has 0 nitrogen and oxygen atoms in total. The highest BCUT2D eigenvalue weighted by Crippen LogP contribution is 2.14. The number of hydrogen-bond donors (Lipinski definition) is 0. The van der Waals surface area contributed by atoms with Gasteiger partial charge in [0.15, 0.2) is 0 Å². The van der Waals surface area contributed by atoms with Crippen LogP contribution in [-0.4, -0.2) is 0 Å². The minimum atomic E-state index is 1.29. The molecular formula is C18H33. The summed E-state index contributed by atoms with van der Waals surface area (Å²) in [6.07, 6.45) is 28.5. The second-order valence-corrected chi connectivity index (χ2v) is 5.84. The quantitative estimate of drug-likeness (QED) is 0.453. The number of rotatable bonds is 0. The molecule has 0 spiro atoms. The smallest absolute Gasteiger partial charge is 0.0171 e. The molecule has 0 aromatic rings. The predicted molar refractivity (Wildman–Crippen MR) is 82.7 cm³/mol. The molecule has 0 aromatic heterocycles. The van der Waals surface area contributed by atoms with Gasteiger partial charge >= 0.3 is 0 Å². The molecule has 0 saturated carbocycles. The normalized spacial score (nSPS) is 24.9. The molecule has 1 rings (SSSR count). The summed E-state index contributed by atoms with van der Waals surface area (Å²) >= 11 is 0. The lowest BCUT2D eigenvalue weighted by molar-refractivity contribution is 0.536. The van der Waals surface area contributed by atoms with Gasteiger partial charge in [0.2, 0.25) is 0 Å². The Labute approximate surface area is 115 Å². The van der Waals surface area contributed by atoms with E-state index in [0.29, 0.717) is 0 Å². The van der Waals surface area contributed by atoms with Gasteiger partial charge < -0.3 is 0 Å². The van der Waals surface area contributed by atoms with Crippen molar-refractivity contribution in [1.29, 1.82) is 0 Å². The van der Waals surface area contributed by atoms with E-state index < -0.39 is 0 Å². The molecule has 0 amide bonds. The Bertz CT molecular complexity index is 160. The molecule has 0 fully saturated rings. The van der Waals surface area contributed by atoms with Crippen molar-refractivity contribution in [2.75, 3.05) is 0 Å². The van der Waals surface area contributed by atoms with Crippen molar-refractivity contribution in [2.45, 2.75) is 96.3 Å². The fourth-order valence-electron chi connectivity index (χ4n) is 2.76. The SMILES string of the molecule is [CH]1/C=C/CCCCCCCCCCCCCCC1. The summed E-state index contributed by atoms with van der Waals surface area (Å²) in [5.74, 6) is 0. The largest absolute Gasteiger partial charge is 0.0882 e. The van der Waals surface area contributed by atoms with E-state index in [1.165, 1.54) is 96.3 Å². The van der Waals surface area contributed by atoms with E-state index in [9.17, 15) is 0 Å². The van der Waals surface area contributed by atoms with Crippen molar-refractivity contribution < 1.29 is 0 Å². The summed E-state index contributed by atoms with van der Waals surface area (Å²) in [5.41, 5.74) is 0. The molecule has 0 aromatic carbocycles. The molecule has 105 valence electrons. The highest BCUT2D eigenvalue weighted by atomic mass is 14.0. The highest BCUT2D eigenvalue weighted by molar-refractivity contribution is 4.94. The zero-order chi connectivity index (χ0) is 12.7. The summed E-state index contributed by atoms with van der Waals surface area (Å²) in [4.78, 5) is 0. The van der Waals surface area contributed by atoms with E-state index in [-0.39, 0.29) is 0 Å². The Balaban J connectivity index is 2.06. The highest BCUT2D eigenvalue weighted by Gasteiger charge is 1.94. The lowest BCUT2D eigenvalue weighted by Gasteiger charge is -2.03. The molecule has 0 N–H and O–H groups in total. The maximum atomic E-state index is 2.36. The Hall–Kier alpha value is -0.260. The van der Waals surface area contributed by atoms with Crippen LogP contribution in [0.25, 0.3) is 0 Å². The van der Waals surface area contributed by atoms with Gasteiger partial charge in [-0.05, 0) is 25.7 Å². The van der Waals surface area contributed by atoms with E-state index in [1.54, 1.807) is 0 Å². The van der Waals surface area contributed by atoms with Gasteiger partial charge in [-0.3, -0.25) is 0 Å². The third kappa shape index (κ3) is 10.9. The average molecular weight is 249 g/mol. The molecule has 1 aliphatic carbocycles. The van der Waals surface area contributed by atoms with Crippen molar-refractivity contribution in [3.05, 3.63) is 18.6 Å². The molecule has 0 heterocycles. The van der Waals surface area contributed by atoms with E-state index >= 15 is 0 Å². The minimum Gasteiger partial charge on any atom is -0.0882 e. The Morgan fingerprint density at radius 3 is 1.28 bits per heavy atom. The van der Waals surface area contributed by atoms with Crippen LogP contribution >= 0.6 is 0 Å². The third-order valence-corrected chi connectivity index (χ3v) is 4.01. The molecule has 0 unspecified atom stereocenters. The molecule has 0 heteroatoms. The summed E-state index contributed by atoms with van der Waals surface area (Å²) in [6, 6.07) is 0. The van der Waals surface area contributed by atoms with Crippen molar-refractivity contribution in [2.24, 2.45) is 0 Å². The molecule has 0 aliphatic heterocycles. The van der Waals surface area contributed by atoms with Crippen LogP contribution < -0.4 is 0 Å². The zero-order valence-corrected chi connectivity index (χ0v) is 12.3. The minimum absolute atomic E-state index is 1.29. The van der Waals surface area contributed by atoms with Crippen LogP contribution in [-0.2, 0) is 0 Å². The van der Waals surface area contributed by atoms with Gasteiger partial charge in [-0.1, -0.05) is 89.2 Å². The summed E-state index contributed by atoms with van der Waals surface area (Å²) in [7, 11) is 0. The number of hydrogen-bond acceptors (Lipinski definition) is 0. The summed E-state index contributed by atoms with van der Waals surface area (Å²) < 4.78 is 0. The van der Waals surface area contributed by atoms with Crippen LogP contribution in [0.5, 0.6) is 0 Å². The molecule has 0 bridgehead atoms. The maximum absolute atomic E-state index is 2.36. The van der Waals surface area contributed by atoms with E-state index in [0.717, 1.165) is 0 Å². The van der Waals surface area contributed by atoms with Crippen LogP contribution in [0.2, 0.25) is 0 Å². The van der Waals surface area contributed by atoms with Crippen molar-refractivity contribution in [3.8, 4) is 0 Å². The van der Waals surface area contributed by atoms with E-state index in [1.807, 2.05) is 0 Å². The van der Waals surface area contributed by atoms with Crippen LogP contribution in [0.1, 0.15) is 96.3 Å². The van der Waals surface area contributed by atoms with Gasteiger partial charge in [0.25, 0.3) is 0 Å². The molecule has 1 aliphatic rings. The summed E-state index contributed by atoms with van der Waals surface area (Å²) in [6.45, 7) is 0. The second-order valence-electron chi connectivity index (χ2n) is 5.84. The van der Waals surface area contributed by atoms with Gasteiger partial charge in [-0.25, -0.2) is 0 Å². The second kappa shape index (κ2) is 13.2. The summed E-state index contributed by atoms with van der Waals surface area (Å²) in [5, 5.41) is 0. The average Bonchev–Trinajstić information content (AvgIpc) is 2.39. The Morgan fingerprint density at radius 2 is 0.778 bits per heavy atom. The molecule has 0 saturated heterocycles. The van der Waals surface area contributed by atoms with Crippen molar-refractivity contribution >= 4 is 0 Å². The van der Waals surface area contributed by atoms with Gasteiger partial charge in [0, 0.05) is 0 Å². The lowest BCUT2D eigenvalue weighted by Crippen LogP contribution is -1.84. The lowest BCUT2D eigenvalue weighted by atomic mass is 10.0. The van der Waals surface area contributed by atoms with Gasteiger partial charge in [-0.2, -0.15) is 0 Å². The van der Waals surface area contributed by atoms with E-state index in [4.69, 9.17) is 0 Å². The number of allylic oxidation sites excluding steroid dienone is 2. The van der Waals surface area contributed by atoms with Gasteiger partial charge in [0.1, 0.15) is 0 Å². The topological polar surface area (TPSA) is 0 Å². The van der Waals surface area contributed by atoms with Crippen LogP contribution in [0.15, 0.2) is 12.2 Å². The van der Waals surface area contributed by atoms with Crippen LogP contribution in [0.3, 0.4) is 0 Å². The standard InChI is InChI=1S/C18H33/c1-2-4-6-8-10-12-14-16-18-17-15-13-11-9-7-5-3-1/h1-3H,4-18H2/b2-1+. The Morgan fingerprint density at radius 1 is 0.389 bits per heavy atom. The zero-order valence-electron chi connectivity index (χ0n) is 12.3. The fourth-order valence-corrected chi connectivity index (χ4v) is 2.76. The van der Waals surface area contributed by atoms with Crippen molar-refractivity contribution in [1.82, 2.24) is 0 Å². The Kier molecular flexibility index (Phi) is 11.6. The molecular weight excluding hydrogens is 216 g/mol. The fraction of sp³-hybridized carbons (Fsp3) is 0.833. The van der Waals surface area contributed by atoms with Gasteiger partial charge in [-0.15, -0.1) is 0 Å². The first kappa shape index (κ1) is 15.8. The molecule has 0 atom stereocenters. The predicted octanol–water partition coefficient (Wildman–Crippen LogP) is 6.61. The monoisotopic (exact) mass is 249 g/mol. The van der Waals surface area contributed by atoms with Crippen LogP contribution in [0.4, 0.5) is 0 Å². The van der Waals surface area contributed by atoms with E-state index in [2.05, 4.69) is 18.6 Å². The molecule has 1 radical (unpaired) electrons.